The van der Waals surface area contributed by atoms with Crippen molar-refractivity contribution in [2.45, 2.75) is 46.2 Å². The fraction of sp³-hybridized carbons (Fsp3) is 0.769. The zero-order valence-electron chi connectivity index (χ0n) is 11.1. The van der Waals surface area contributed by atoms with Gasteiger partial charge in [-0.15, -0.1) is 11.3 Å². The summed E-state index contributed by atoms with van der Waals surface area (Å²) in [7, 11) is 0. The lowest BCUT2D eigenvalue weighted by molar-refractivity contribution is 0.618. The van der Waals surface area contributed by atoms with Crippen molar-refractivity contribution >= 4 is 16.5 Å². The lowest BCUT2D eigenvalue weighted by atomic mass is 10.2. The molecule has 1 aromatic heterocycles. The van der Waals surface area contributed by atoms with E-state index in [4.69, 9.17) is 0 Å². The Balaban J connectivity index is 1.89. The first-order valence-corrected chi connectivity index (χ1v) is 7.43. The summed E-state index contributed by atoms with van der Waals surface area (Å²) in [6.07, 6.45) is 4.72. The van der Waals surface area contributed by atoms with Crippen LogP contribution >= 0.6 is 11.3 Å². The molecule has 0 bridgehead atoms. The first-order chi connectivity index (χ1) is 8.19. The summed E-state index contributed by atoms with van der Waals surface area (Å²) in [5.41, 5.74) is 0. The van der Waals surface area contributed by atoms with Gasteiger partial charge in [-0.25, -0.2) is 4.98 Å². The van der Waals surface area contributed by atoms with Gasteiger partial charge in [0.1, 0.15) is 0 Å². The van der Waals surface area contributed by atoms with E-state index in [1.54, 1.807) is 0 Å². The lowest BCUT2D eigenvalue weighted by Crippen LogP contribution is -2.26. The van der Waals surface area contributed by atoms with E-state index in [0.29, 0.717) is 5.92 Å². The van der Waals surface area contributed by atoms with Gasteiger partial charge in [-0.1, -0.05) is 13.8 Å². The summed E-state index contributed by atoms with van der Waals surface area (Å²) in [6, 6.07) is 0.776. The predicted octanol–water partition coefficient (Wildman–Crippen LogP) is 2.88. The smallest absolute Gasteiger partial charge is 0.185 e. The molecule has 0 aromatic carbocycles. The highest BCUT2D eigenvalue weighted by atomic mass is 32.1. The molecule has 1 aromatic rings. The van der Waals surface area contributed by atoms with E-state index in [1.165, 1.54) is 22.9 Å². The molecular formula is C13H23N3S. The lowest BCUT2D eigenvalue weighted by Gasteiger charge is -2.21. The first kappa shape index (κ1) is 12.8. The molecule has 3 nitrogen and oxygen atoms in total. The second-order valence-electron chi connectivity index (χ2n) is 5.20. The quantitative estimate of drug-likeness (QED) is 0.810. The van der Waals surface area contributed by atoms with E-state index in [1.807, 2.05) is 17.5 Å². The van der Waals surface area contributed by atoms with Crippen molar-refractivity contribution in [2.24, 2.45) is 5.92 Å². The molecule has 17 heavy (non-hydrogen) atoms. The Kier molecular flexibility index (Phi) is 4.40. The van der Waals surface area contributed by atoms with E-state index in [9.17, 15) is 0 Å². The highest BCUT2D eigenvalue weighted by molar-refractivity contribution is 7.15. The van der Waals surface area contributed by atoms with Gasteiger partial charge in [0.2, 0.25) is 0 Å². The van der Waals surface area contributed by atoms with Gasteiger partial charge in [-0.05, 0) is 25.7 Å². The van der Waals surface area contributed by atoms with Gasteiger partial charge in [0.15, 0.2) is 5.13 Å². The number of rotatable bonds is 7. The van der Waals surface area contributed by atoms with Crippen LogP contribution in [0.5, 0.6) is 0 Å². The van der Waals surface area contributed by atoms with Gasteiger partial charge in [-0.2, -0.15) is 0 Å². The van der Waals surface area contributed by atoms with E-state index >= 15 is 0 Å². The third-order valence-electron chi connectivity index (χ3n) is 2.92. The molecule has 0 unspecified atom stereocenters. The van der Waals surface area contributed by atoms with E-state index in [0.717, 1.165) is 25.7 Å². The van der Waals surface area contributed by atoms with E-state index in [-0.39, 0.29) is 0 Å². The van der Waals surface area contributed by atoms with Crippen LogP contribution in [0.2, 0.25) is 0 Å². The Hall–Kier alpha value is -0.610. The molecule has 2 rings (SSSR count). The molecular weight excluding hydrogens is 230 g/mol. The predicted molar refractivity (Wildman–Crippen MR) is 74.7 cm³/mol. The number of nitrogens with one attached hydrogen (secondary N) is 1. The van der Waals surface area contributed by atoms with Crippen LogP contribution in [0.25, 0.3) is 0 Å². The molecule has 1 N–H and O–H groups in total. The average Bonchev–Trinajstić information content (AvgIpc) is 3.01. The molecule has 0 aliphatic heterocycles. The third-order valence-corrected chi connectivity index (χ3v) is 3.98. The Bertz CT molecular complexity index is 344. The molecule has 1 fully saturated rings. The van der Waals surface area contributed by atoms with Crippen LogP contribution in [-0.4, -0.2) is 24.1 Å². The molecule has 1 heterocycles. The van der Waals surface area contributed by atoms with E-state index in [2.05, 4.69) is 36.0 Å². The average molecular weight is 253 g/mol. The van der Waals surface area contributed by atoms with Crippen molar-refractivity contribution in [2.75, 3.05) is 18.0 Å². The Labute approximate surface area is 108 Å². The Morgan fingerprint density at radius 1 is 1.53 bits per heavy atom. The molecule has 1 aliphatic carbocycles. The van der Waals surface area contributed by atoms with Crippen molar-refractivity contribution in [3.63, 3.8) is 0 Å². The zero-order valence-corrected chi connectivity index (χ0v) is 11.9. The highest BCUT2D eigenvalue weighted by Gasteiger charge is 2.20. The summed E-state index contributed by atoms with van der Waals surface area (Å²) in [4.78, 5) is 8.27. The molecule has 0 spiro atoms. The molecule has 1 aliphatic rings. The molecule has 0 amide bonds. The van der Waals surface area contributed by atoms with Crippen molar-refractivity contribution in [3.05, 3.63) is 11.1 Å². The molecule has 0 atom stereocenters. The molecule has 0 saturated heterocycles. The third kappa shape index (κ3) is 3.96. The summed E-state index contributed by atoms with van der Waals surface area (Å²) in [5.74, 6) is 0.687. The van der Waals surface area contributed by atoms with E-state index < -0.39 is 0 Å². The van der Waals surface area contributed by atoms with Crippen LogP contribution in [0.15, 0.2) is 6.20 Å². The van der Waals surface area contributed by atoms with Crippen LogP contribution in [0.1, 0.15) is 38.5 Å². The SMILES string of the molecule is CCN(CC(C)C)c1ncc(CNC2CC2)s1. The summed E-state index contributed by atoms with van der Waals surface area (Å²) < 4.78 is 0. The van der Waals surface area contributed by atoms with Crippen LogP contribution in [-0.2, 0) is 6.54 Å². The van der Waals surface area contributed by atoms with Gasteiger partial charge >= 0.3 is 0 Å². The zero-order chi connectivity index (χ0) is 12.3. The second-order valence-corrected chi connectivity index (χ2v) is 6.29. The number of thiazole rings is 1. The van der Waals surface area contributed by atoms with Crippen LogP contribution in [0, 0.1) is 5.92 Å². The highest BCUT2D eigenvalue weighted by Crippen LogP contribution is 2.25. The molecule has 4 heteroatoms. The van der Waals surface area contributed by atoms with Gasteiger partial charge in [-0.3, -0.25) is 0 Å². The maximum atomic E-state index is 4.54. The first-order valence-electron chi connectivity index (χ1n) is 6.62. The molecule has 1 saturated carbocycles. The number of anilines is 1. The van der Waals surface area contributed by atoms with Gasteiger partial charge in [0.05, 0.1) is 0 Å². The standard InChI is InChI=1S/C13H23N3S/c1-4-16(9-10(2)3)13-15-8-12(17-13)7-14-11-5-6-11/h8,10-11,14H,4-7,9H2,1-3H3. The second kappa shape index (κ2) is 5.83. The van der Waals surface area contributed by atoms with Gasteiger partial charge in [0, 0.05) is 36.8 Å². The number of aromatic nitrogens is 1. The normalized spacial score (nSPS) is 15.5. The van der Waals surface area contributed by atoms with Crippen molar-refractivity contribution in [1.82, 2.24) is 10.3 Å². The molecule has 0 radical (unpaired) electrons. The Morgan fingerprint density at radius 3 is 2.88 bits per heavy atom. The number of hydrogen-bond acceptors (Lipinski definition) is 4. The van der Waals surface area contributed by atoms with Crippen molar-refractivity contribution in [1.29, 1.82) is 0 Å². The van der Waals surface area contributed by atoms with Crippen LogP contribution in [0.3, 0.4) is 0 Å². The van der Waals surface area contributed by atoms with Crippen LogP contribution < -0.4 is 10.2 Å². The largest absolute Gasteiger partial charge is 0.348 e. The van der Waals surface area contributed by atoms with Gasteiger partial charge < -0.3 is 10.2 Å². The van der Waals surface area contributed by atoms with Crippen molar-refractivity contribution < 1.29 is 0 Å². The fourth-order valence-electron chi connectivity index (χ4n) is 1.84. The topological polar surface area (TPSA) is 28.2 Å². The minimum absolute atomic E-state index is 0.687. The van der Waals surface area contributed by atoms with Crippen LogP contribution in [0.4, 0.5) is 5.13 Å². The summed E-state index contributed by atoms with van der Waals surface area (Å²) in [5, 5.41) is 4.71. The maximum Gasteiger partial charge on any atom is 0.185 e. The number of nitrogens with zero attached hydrogens (tertiary/aromatic N) is 2. The minimum Gasteiger partial charge on any atom is -0.348 e. The number of hydrogen-bond donors (Lipinski definition) is 1. The summed E-state index contributed by atoms with van der Waals surface area (Å²) >= 11 is 1.83. The van der Waals surface area contributed by atoms with Gasteiger partial charge in [0.25, 0.3) is 0 Å². The summed E-state index contributed by atoms with van der Waals surface area (Å²) in [6.45, 7) is 9.84. The Morgan fingerprint density at radius 2 is 2.29 bits per heavy atom. The minimum atomic E-state index is 0.687. The van der Waals surface area contributed by atoms with Crippen molar-refractivity contribution in [3.8, 4) is 0 Å². The monoisotopic (exact) mass is 253 g/mol. The molecule has 96 valence electrons. The maximum absolute atomic E-state index is 4.54. The fourth-order valence-corrected chi connectivity index (χ4v) is 2.77.